The Bertz CT molecular complexity index is 950. The van der Waals surface area contributed by atoms with Crippen molar-refractivity contribution in [3.8, 4) is 20.3 Å². The summed E-state index contributed by atoms with van der Waals surface area (Å²) >= 11 is 5.56. The van der Waals surface area contributed by atoms with Gasteiger partial charge in [-0.2, -0.15) is 0 Å². The van der Waals surface area contributed by atoms with Crippen LogP contribution in [0.5, 0.6) is 0 Å². The molecule has 0 unspecified atom stereocenters. The van der Waals surface area contributed by atoms with Gasteiger partial charge < -0.3 is 0 Å². The minimum atomic E-state index is 0.991. The lowest BCUT2D eigenvalue weighted by atomic mass is 10.1. The van der Waals surface area contributed by atoms with Gasteiger partial charge in [0, 0.05) is 15.1 Å². The van der Waals surface area contributed by atoms with Crippen molar-refractivity contribution >= 4 is 45.3 Å². The molecule has 0 saturated carbocycles. The predicted molar refractivity (Wildman–Crippen MR) is 103 cm³/mol. The van der Waals surface area contributed by atoms with Crippen molar-refractivity contribution in [3.05, 3.63) is 54.9 Å². The molecule has 0 aliphatic carbocycles. The topological polar surface area (TPSA) is 25.8 Å². The van der Waals surface area contributed by atoms with Crippen LogP contribution in [0.1, 0.15) is 6.92 Å². The monoisotopic (exact) mass is 354 g/mol. The molecule has 0 aliphatic heterocycles. The van der Waals surface area contributed by atoms with Gasteiger partial charge in [0.15, 0.2) is 0 Å². The van der Waals surface area contributed by atoms with Crippen LogP contribution in [-0.2, 0) is 0 Å². The second-order valence-electron chi connectivity index (χ2n) is 4.96. The van der Waals surface area contributed by atoms with Gasteiger partial charge in [0.1, 0.15) is 6.33 Å². The highest BCUT2D eigenvalue weighted by Gasteiger charge is 2.11. The summed E-state index contributed by atoms with van der Waals surface area (Å²) in [7, 11) is 0. The second kappa shape index (κ2) is 6.43. The Morgan fingerprint density at radius 1 is 0.870 bits per heavy atom. The molecule has 23 heavy (non-hydrogen) atoms. The maximum Gasteiger partial charge on any atom is 0.116 e. The zero-order valence-corrected chi connectivity index (χ0v) is 15.0. The summed E-state index contributed by atoms with van der Waals surface area (Å²) in [5.41, 5.74) is 2.01. The summed E-state index contributed by atoms with van der Waals surface area (Å²) < 4.78 is 1.38. The van der Waals surface area contributed by atoms with E-state index in [-0.39, 0.29) is 0 Å². The van der Waals surface area contributed by atoms with Gasteiger partial charge in [-0.3, -0.25) is 0 Å². The van der Waals surface area contributed by atoms with Crippen molar-refractivity contribution in [3.63, 3.8) is 0 Å². The molecule has 4 rings (SSSR count). The van der Waals surface area contributed by atoms with Gasteiger partial charge in [0.25, 0.3) is 0 Å². The normalized spacial score (nSPS) is 11.2. The van der Waals surface area contributed by atoms with Crippen molar-refractivity contribution in [1.82, 2.24) is 9.97 Å². The minimum absolute atomic E-state index is 0.991. The molecule has 0 atom stereocenters. The molecule has 0 fully saturated rings. The van der Waals surface area contributed by atoms with Crippen molar-refractivity contribution in [2.45, 2.75) is 11.1 Å². The number of thiophene rings is 2. The number of nitrogens with zero attached hydrogens (tertiary/aromatic N) is 2. The van der Waals surface area contributed by atoms with Gasteiger partial charge in [0.2, 0.25) is 0 Å². The fourth-order valence-electron chi connectivity index (χ4n) is 2.47. The van der Waals surface area contributed by atoms with Gasteiger partial charge >= 0.3 is 0 Å². The Balaban J connectivity index is 1.74. The molecule has 0 spiro atoms. The summed E-state index contributed by atoms with van der Waals surface area (Å²) in [5, 5.41) is 1.11. The number of para-hydroxylation sites is 1. The highest BCUT2D eigenvalue weighted by Crippen LogP contribution is 2.40. The number of hydrogen-bond donors (Lipinski definition) is 0. The predicted octanol–water partition coefficient (Wildman–Crippen LogP) is 6.20. The molecule has 0 aliphatic rings. The summed E-state index contributed by atoms with van der Waals surface area (Å²) in [6.07, 6.45) is 1.65. The maximum absolute atomic E-state index is 4.52. The molecular weight excluding hydrogens is 340 g/mol. The maximum atomic E-state index is 4.52. The van der Waals surface area contributed by atoms with Crippen LogP contribution in [0.2, 0.25) is 0 Å². The first-order valence-electron chi connectivity index (χ1n) is 7.38. The van der Waals surface area contributed by atoms with E-state index in [9.17, 15) is 0 Å². The first kappa shape index (κ1) is 14.9. The van der Waals surface area contributed by atoms with Gasteiger partial charge in [0.05, 0.1) is 20.3 Å². The van der Waals surface area contributed by atoms with Crippen molar-refractivity contribution in [2.75, 3.05) is 5.75 Å². The largest absolute Gasteiger partial charge is 0.236 e. The van der Waals surface area contributed by atoms with E-state index >= 15 is 0 Å². The number of aromatic nitrogens is 2. The lowest BCUT2D eigenvalue weighted by Crippen LogP contribution is -1.86. The Morgan fingerprint density at radius 2 is 1.65 bits per heavy atom. The average Bonchev–Trinajstić information content (AvgIpc) is 3.24. The molecule has 4 aromatic rings. The third kappa shape index (κ3) is 2.92. The van der Waals surface area contributed by atoms with Crippen LogP contribution in [-0.4, -0.2) is 15.7 Å². The number of rotatable bonds is 4. The minimum Gasteiger partial charge on any atom is -0.236 e. The molecule has 1 aromatic carbocycles. The van der Waals surface area contributed by atoms with Gasteiger partial charge in [-0.15, -0.1) is 34.4 Å². The molecule has 0 amide bonds. The van der Waals surface area contributed by atoms with Crippen LogP contribution >= 0.6 is 34.4 Å². The second-order valence-corrected chi connectivity index (χ2v) is 8.69. The van der Waals surface area contributed by atoms with E-state index in [1.54, 1.807) is 17.7 Å². The Hall–Kier alpha value is -1.69. The average molecular weight is 355 g/mol. The third-order valence-electron chi connectivity index (χ3n) is 3.49. The Labute approximate surface area is 147 Å². The Kier molecular flexibility index (Phi) is 4.16. The zero-order chi connectivity index (χ0) is 15.6. The van der Waals surface area contributed by atoms with Crippen LogP contribution in [0, 0.1) is 0 Å². The fraction of sp³-hybridized carbons (Fsp3) is 0.111. The van der Waals surface area contributed by atoms with E-state index in [2.05, 4.69) is 47.2 Å². The Morgan fingerprint density at radius 3 is 2.57 bits per heavy atom. The molecule has 114 valence electrons. The van der Waals surface area contributed by atoms with Crippen molar-refractivity contribution < 1.29 is 0 Å². The lowest BCUT2D eigenvalue weighted by molar-refractivity contribution is 1.23. The molecule has 0 N–H and O–H groups in total. The van der Waals surface area contributed by atoms with Gasteiger partial charge in [-0.05, 0) is 36.1 Å². The van der Waals surface area contributed by atoms with Crippen LogP contribution in [0.3, 0.4) is 0 Å². The molecular formula is C18H14N2S3. The highest BCUT2D eigenvalue weighted by molar-refractivity contribution is 8.01. The van der Waals surface area contributed by atoms with E-state index in [4.69, 9.17) is 0 Å². The molecule has 3 heterocycles. The van der Waals surface area contributed by atoms with Gasteiger partial charge in [-0.25, -0.2) is 9.97 Å². The standard InChI is InChI=1S/C18H14N2S3/c1-2-21-17-10-9-15(23-17)14-7-8-16(22-14)18-12-5-3-4-6-13(12)19-11-20-18/h3-11H,2H2,1H3. The van der Waals surface area contributed by atoms with E-state index in [1.807, 2.05) is 41.3 Å². The number of hydrogen-bond acceptors (Lipinski definition) is 5. The summed E-state index contributed by atoms with van der Waals surface area (Å²) in [4.78, 5) is 12.7. The first-order valence-corrected chi connectivity index (χ1v) is 10.00. The zero-order valence-electron chi connectivity index (χ0n) is 12.5. The van der Waals surface area contributed by atoms with E-state index in [0.29, 0.717) is 0 Å². The van der Waals surface area contributed by atoms with E-state index in [1.165, 1.54) is 18.8 Å². The summed E-state index contributed by atoms with van der Waals surface area (Å²) in [5.74, 6) is 1.11. The lowest BCUT2D eigenvalue weighted by Gasteiger charge is -2.01. The van der Waals surface area contributed by atoms with Gasteiger partial charge in [-0.1, -0.05) is 25.1 Å². The third-order valence-corrected chi connectivity index (χ3v) is 6.97. The van der Waals surface area contributed by atoms with E-state index in [0.717, 1.165) is 22.3 Å². The summed E-state index contributed by atoms with van der Waals surface area (Å²) in [6, 6.07) is 17.0. The number of thioether (sulfide) groups is 1. The quantitative estimate of drug-likeness (QED) is 0.408. The molecule has 2 nitrogen and oxygen atoms in total. The summed E-state index contributed by atoms with van der Waals surface area (Å²) in [6.45, 7) is 2.19. The first-order chi connectivity index (χ1) is 11.3. The molecule has 0 bridgehead atoms. The van der Waals surface area contributed by atoms with E-state index < -0.39 is 0 Å². The SMILES string of the molecule is CCSc1ccc(-c2ccc(-c3ncnc4ccccc34)s2)s1. The molecule has 3 aromatic heterocycles. The number of fused-ring (bicyclic) bond motifs is 1. The molecule has 0 radical (unpaired) electrons. The van der Waals surface area contributed by atoms with Crippen LogP contribution in [0.25, 0.3) is 31.2 Å². The molecule has 5 heteroatoms. The fourth-order valence-corrected chi connectivity index (χ4v) is 5.62. The smallest absolute Gasteiger partial charge is 0.116 e. The van der Waals surface area contributed by atoms with Crippen LogP contribution < -0.4 is 0 Å². The van der Waals surface area contributed by atoms with Crippen LogP contribution in [0.4, 0.5) is 0 Å². The highest BCUT2D eigenvalue weighted by atomic mass is 32.2. The van der Waals surface area contributed by atoms with Crippen molar-refractivity contribution in [1.29, 1.82) is 0 Å². The van der Waals surface area contributed by atoms with Crippen molar-refractivity contribution in [2.24, 2.45) is 0 Å². The van der Waals surface area contributed by atoms with Crippen LogP contribution in [0.15, 0.2) is 59.1 Å². The number of benzene rings is 1. The molecule has 0 saturated heterocycles.